The van der Waals surface area contributed by atoms with Crippen molar-refractivity contribution >= 4 is 21.6 Å². The number of carbonyl (C=O) groups is 1. The van der Waals surface area contributed by atoms with Crippen LogP contribution in [0.5, 0.6) is 0 Å². The monoisotopic (exact) mass is 416 g/mol. The SMILES string of the molecule is Cc1cc(C)cc(N(CC(=O)NC(C)c2ccc(C(C)(C)C)cc2)S(C)(=O)=O)c1. The van der Waals surface area contributed by atoms with Crippen LogP contribution in [-0.4, -0.2) is 27.1 Å². The van der Waals surface area contributed by atoms with Crippen LogP contribution in [0.3, 0.4) is 0 Å². The van der Waals surface area contributed by atoms with E-state index in [1.165, 1.54) is 5.56 Å². The van der Waals surface area contributed by atoms with Gasteiger partial charge in [-0.15, -0.1) is 0 Å². The first-order chi connectivity index (χ1) is 13.3. The van der Waals surface area contributed by atoms with E-state index in [0.717, 1.165) is 27.3 Å². The maximum atomic E-state index is 12.6. The third-order valence-corrected chi connectivity index (χ3v) is 5.98. The first kappa shape index (κ1) is 22.9. The Kier molecular flexibility index (Phi) is 6.78. The molecule has 6 heteroatoms. The van der Waals surface area contributed by atoms with Crippen molar-refractivity contribution in [1.29, 1.82) is 0 Å². The predicted molar refractivity (Wildman–Crippen MR) is 120 cm³/mol. The molecule has 0 aromatic heterocycles. The number of rotatable bonds is 6. The van der Waals surface area contributed by atoms with E-state index in [2.05, 4.69) is 38.2 Å². The number of hydrogen-bond donors (Lipinski definition) is 1. The maximum Gasteiger partial charge on any atom is 0.241 e. The van der Waals surface area contributed by atoms with Gasteiger partial charge in [-0.3, -0.25) is 9.10 Å². The normalized spacial score (nSPS) is 13.1. The Morgan fingerprint density at radius 1 is 1.03 bits per heavy atom. The van der Waals surface area contributed by atoms with Gasteiger partial charge in [0.2, 0.25) is 15.9 Å². The standard InChI is InChI=1S/C23H32N2O3S/c1-16-12-17(2)14-21(13-16)25(29(7,27)28)15-22(26)24-18(3)19-8-10-20(11-9-19)23(4,5)6/h8-14,18H,15H2,1-7H3,(H,24,26). The van der Waals surface area contributed by atoms with Crippen LogP contribution in [0.2, 0.25) is 0 Å². The number of sulfonamides is 1. The second-order valence-corrected chi connectivity index (χ2v) is 10.7. The summed E-state index contributed by atoms with van der Waals surface area (Å²) in [6.07, 6.45) is 1.12. The second-order valence-electron chi connectivity index (χ2n) is 8.78. The molecule has 0 aliphatic carbocycles. The molecule has 0 saturated heterocycles. The number of carbonyl (C=O) groups excluding carboxylic acids is 1. The number of amides is 1. The van der Waals surface area contributed by atoms with Crippen molar-refractivity contribution in [3.8, 4) is 0 Å². The Hall–Kier alpha value is -2.34. The van der Waals surface area contributed by atoms with Gasteiger partial charge in [-0.25, -0.2) is 8.42 Å². The summed E-state index contributed by atoms with van der Waals surface area (Å²) in [6.45, 7) is 11.9. The fraction of sp³-hybridized carbons (Fsp3) is 0.435. The Labute approximate surface area is 175 Å². The minimum atomic E-state index is -3.60. The van der Waals surface area contributed by atoms with Crippen LogP contribution in [0.1, 0.15) is 56.0 Å². The highest BCUT2D eigenvalue weighted by Crippen LogP contribution is 2.24. The van der Waals surface area contributed by atoms with Gasteiger partial charge in [0, 0.05) is 0 Å². The summed E-state index contributed by atoms with van der Waals surface area (Å²) >= 11 is 0. The van der Waals surface area contributed by atoms with E-state index >= 15 is 0 Å². The highest BCUT2D eigenvalue weighted by atomic mass is 32.2. The zero-order valence-corrected chi connectivity index (χ0v) is 19.2. The highest BCUT2D eigenvalue weighted by Gasteiger charge is 2.22. The van der Waals surface area contributed by atoms with Gasteiger partial charge in [-0.05, 0) is 60.6 Å². The molecule has 2 aromatic carbocycles. The lowest BCUT2D eigenvalue weighted by Crippen LogP contribution is -2.41. The molecule has 0 aliphatic rings. The van der Waals surface area contributed by atoms with Gasteiger partial charge in [-0.1, -0.05) is 51.1 Å². The van der Waals surface area contributed by atoms with Crippen molar-refractivity contribution in [3.63, 3.8) is 0 Å². The van der Waals surface area contributed by atoms with Crippen LogP contribution >= 0.6 is 0 Å². The molecule has 0 fully saturated rings. The van der Waals surface area contributed by atoms with Crippen molar-refractivity contribution in [1.82, 2.24) is 5.32 Å². The average molecular weight is 417 g/mol. The number of benzene rings is 2. The summed E-state index contributed by atoms with van der Waals surface area (Å²) in [5.74, 6) is -0.345. The summed E-state index contributed by atoms with van der Waals surface area (Å²) in [5, 5.41) is 2.91. The van der Waals surface area contributed by atoms with Crippen LogP contribution in [-0.2, 0) is 20.2 Å². The van der Waals surface area contributed by atoms with Gasteiger partial charge >= 0.3 is 0 Å². The van der Waals surface area contributed by atoms with Crippen molar-refractivity contribution in [3.05, 3.63) is 64.7 Å². The van der Waals surface area contributed by atoms with Gasteiger partial charge in [0.1, 0.15) is 6.54 Å². The molecule has 1 unspecified atom stereocenters. The van der Waals surface area contributed by atoms with Crippen LogP contribution < -0.4 is 9.62 Å². The van der Waals surface area contributed by atoms with Gasteiger partial charge in [0.05, 0.1) is 18.0 Å². The van der Waals surface area contributed by atoms with E-state index in [1.54, 1.807) is 12.1 Å². The summed E-state index contributed by atoms with van der Waals surface area (Å²) in [6, 6.07) is 13.4. The van der Waals surface area contributed by atoms with Gasteiger partial charge in [-0.2, -0.15) is 0 Å². The highest BCUT2D eigenvalue weighted by molar-refractivity contribution is 7.92. The summed E-state index contributed by atoms with van der Waals surface area (Å²) in [5.41, 5.74) is 4.65. The molecular formula is C23H32N2O3S. The molecule has 2 aromatic rings. The molecule has 0 aliphatic heterocycles. The Bertz CT molecular complexity index is 954. The van der Waals surface area contributed by atoms with E-state index in [0.29, 0.717) is 5.69 Å². The van der Waals surface area contributed by atoms with E-state index < -0.39 is 10.0 Å². The molecule has 0 spiro atoms. The number of nitrogens with one attached hydrogen (secondary N) is 1. The smallest absolute Gasteiger partial charge is 0.241 e. The van der Waals surface area contributed by atoms with Gasteiger partial charge in [0.15, 0.2) is 0 Å². The van der Waals surface area contributed by atoms with E-state index in [-0.39, 0.29) is 23.9 Å². The van der Waals surface area contributed by atoms with Crippen LogP contribution in [0.15, 0.2) is 42.5 Å². The molecule has 1 amide bonds. The lowest BCUT2D eigenvalue weighted by molar-refractivity contribution is -0.120. The molecule has 2 rings (SSSR count). The molecule has 5 nitrogen and oxygen atoms in total. The molecule has 0 bridgehead atoms. The largest absolute Gasteiger partial charge is 0.348 e. The van der Waals surface area contributed by atoms with Gasteiger partial charge in [0.25, 0.3) is 0 Å². The Balaban J connectivity index is 2.16. The summed E-state index contributed by atoms with van der Waals surface area (Å²) in [4.78, 5) is 12.6. The molecule has 1 atom stereocenters. The second kappa shape index (κ2) is 8.57. The zero-order valence-electron chi connectivity index (χ0n) is 18.4. The predicted octanol–water partition coefficient (Wildman–Crippen LogP) is 4.24. The third kappa shape index (κ3) is 6.32. The lowest BCUT2D eigenvalue weighted by atomic mass is 9.86. The van der Waals surface area contributed by atoms with Crippen molar-refractivity contribution < 1.29 is 13.2 Å². The molecular weight excluding hydrogens is 384 g/mol. The molecule has 0 saturated carbocycles. The van der Waals surface area contributed by atoms with E-state index in [1.807, 2.05) is 39.0 Å². The number of hydrogen-bond acceptors (Lipinski definition) is 3. The minimum Gasteiger partial charge on any atom is -0.348 e. The molecule has 29 heavy (non-hydrogen) atoms. The fourth-order valence-electron chi connectivity index (χ4n) is 3.27. The van der Waals surface area contributed by atoms with Crippen LogP contribution in [0, 0.1) is 13.8 Å². The summed E-state index contributed by atoms with van der Waals surface area (Å²) in [7, 11) is -3.60. The Morgan fingerprint density at radius 3 is 2.00 bits per heavy atom. The lowest BCUT2D eigenvalue weighted by Gasteiger charge is -2.24. The fourth-order valence-corrected chi connectivity index (χ4v) is 4.11. The number of anilines is 1. The van der Waals surface area contributed by atoms with E-state index in [9.17, 15) is 13.2 Å². The quantitative estimate of drug-likeness (QED) is 0.766. The van der Waals surface area contributed by atoms with Gasteiger partial charge < -0.3 is 5.32 Å². The average Bonchev–Trinajstić information content (AvgIpc) is 2.57. The van der Waals surface area contributed by atoms with Crippen LogP contribution in [0.25, 0.3) is 0 Å². The minimum absolute atomic E-state index is 0.0624. The molecule has 1 N–H and O–H groups in total. The topological polar surface area (TPSA) is 66.5 Å². The van der Waals surface area contributed by atoms with Crippen molar-refractivity contribution in [2.75, 3.05) is 17.1 Å². The molecule has 0 heterocycles. The first-order valence-electron chi connectivity index (χ1n) is 9.73. The molecule has 158 valence electrons. The molecule has 0 radical (unpaired) electrons. The van der Waals surface area contributed by atoms with Crippen molar-refractivity contribution in [2.24, 2.45) is 0 Å². The zero-order chi connectivity index (χ0) is 22.0. The van der Waals surface area contributed by atoms with E-state index in [4.69, 9.17) is 0 Å². The van der Waals surface area contributed by atoms with Crippen LogP contribution in [0.4, 0.5) is 5.69 Å². The maximum absolute atomic E-state index is 12.6. The third-order valence-electron chi connectivity index (χ3n) is 4.84. The number of aryl methyl sites for hydroxylation is 2. The Morgan fingerprint density at radius 2 is 1.55 bits per heavy atom. The van der Waals surface area contributed by atoms with Crippen molar-refractivity contribution in [2.45, 2.75) is 53.0 Å². The number of nitrogens with zero attached hydrogens (tertiary/aromatic N) is 1. The first-order valence-corrected chi connectivity index (χ1v) is 11.6. The summed E-state index contributed by atoms with van der Waals surface area (Å²) < 4.78 is 25.8.